The first-order valence-electron chi connectivity index (χ1n) is 9.92. The monoisotopic (exact) mass is 444 g/mol. The topological polar surface area (TPSA) is 76.9 Å². The lowest BCUT2D eigenvalue weighted by molar-refractivity contribution is -0.119. The first-order valence-corrected chi connectivity index (χ1v) is 11.3. The van der Waals surface area contributed by atoms with Crippen LogP contribution in [0.25, 0.3) is 11.0 Å². The maximum Gasteiger partial charge on any atom is 0.263 e. The number of benzene rings is 1. The third kappa shape index (κ3) is 5.40. The molecule has 1 aromatic carbocycles. The van der Waals surface area contributed by atoms with Gasteiger partial charge in [-0.3, -0.25) is 14.2 Å². The third-order valence-corrected chi connectivity index (χ3v) is 5.82. The first-order chi connectivity index (χ1) is 14.4. The van der Waals surface area contributed by atoms with E-state index in [1.165, 1.54) is 11.8 Å². The van der Waals surface area contributed by atoms with Crippen LogP contribution in [-0.4, -0.2) is 26.2 Å². The van der Waals surface area contributed by atoms with Gasteiger partial charge in [-0.25, -0.2) is 9.97 Å². The second-order valence-corrected chi connectivity index (χ2v) is 8.83. The molecule has 6 nitrogen and oxygen atoms in total. The molecule has 158 valence electrons. The van der Waals surface area contributed by atoms with Gasteiger partial charge in [-0.15, -0.1) is 0 Å². The van der Waals surface area contributed by atoms with Gasteiger partial charge in [-0.2, -0.15) is 0 Å². The van der Waals surface area contributed by atoms with E-state index in [-0.39, 0.29) is 29.2 Å². The van der Waals surface area contributed by atoms with E-state index in [0.717, 1.165) is 12.0 Å². The van der Waals surface area contributed by atoms with Gasteiger partial charge >= 0.3 is 0 Å². The van der Waals surface area contributed by atoms with Crippen molar-refractivity contribution in [2.45, 2.75) is 44.9 Å². The molecule has 3 rings (SSSR count). The maximum absolute atomic E-state index is 12.9. The number of thioether (sulfide) groups is 1. The molecule has 0 aliphatic carbocycles. The van der Waals surface area contributed by atoms with E-state index in [0.29, 0.717) is 27.8 Å². The summed E-state index contributed by atoms with van der Waals surface area (Å²) in [6.45, 7) is 6.63. The average Bonchev–Trinajstić information content (AvgIpc) is 2.73. The van der Waals surface area contributed by atoms with Crippen LogP contribution < -0.4 is 10.9 Å². The highest BCUT2D eigenvalue weighted by molar-refractivity contribution is 7.99. The van der Waals surface area contributed by atoms with Gasteiger partial charge in [0, 0.05) is 17.8 Å². The zero-order chi connectivity index (χ0) is 21.7. The molecule has 2 aromatic heterocycles. The normalized spacial score (nSPS) is 12.3. The van der Waals surface area contributed by atoms with Gasteiger partial charge in [0.1, 0.15) is 0 Å². The number of nitrogens with zero attached hydrogens (tertiary/aromatic N) is 3. The fraction of sp³-hybridized carbons (Fsp3) is 0.364. The number of hydrogen-bond acceptors (Lipinski definition) is 5. The summed E-state index contributed by atoms with van der Waals surface area (Å²) in [5, 5.41) is 4.71. The molecule has 0 saturated carbocycles. The molecule has 0 fully saturated rings. The van der Waals surface area contributed by atoms with Crippen LogP contribution in [0.15, 0.2) is 52.5 Å². The predicted octanol–water partition coefficient (Wildman–Crippen LogP) is 4.46. The van der Waals surface area contributed by atoms with Crippen LogP contribution in [0.3, 0.4) is 0 Å². The summed E-state index contributed by atoms with van der Waals surface area (Å²) in [5.74, 6) is 0.307. The minimum Gasteiger partial charge on any atom is -0.349 e. The molecule has 0 spiro atoms. The number of hydrogen-bond donors (Lipinski definition) is 1. The molecular weight excluding hydrogens is 420 g/mol. The molecular formula is C22H25ClN4O2S. The van der Waals surface area contributed by atoms with Crippen LogP contribution in [0.1, 0.15) is 38.8 Å². The highest BCUT2D eigenvalue weighted by Crippen LogP contribution is 2.21. The lowest BCUT2D eigenvalue weighted by Crippen LogP contribution is -2.30. The Morgan fingerprint density at radius 1 is 1.23 bits per heavy atom. The van der Waals surface area contributed by atoms with Gasteiger partial charge in [0.25, 0.3) is 5.56 Å². The van der Waals surface area contributed by atoms with Crippen molar-refractivity contribution in [2.75, 3.05) is 5.75 Å². The van der Waals surface area contributed by atoms with Crippen molar-refractivity contribution in [3.05, 3.63) is 63.5 Å². The summed E-state index contributed by atoms with van der Waals surface area (Å²) in [5.41, 5.74) is 1.28. The largest absolute Gasteiger partial charge is 0.349 e. The van der Waals surface area contributed by atoms with Crippen molar-refractivity contribution < 1.29 is 4.79 Å². The summed E-state index contributed by atoms with van der Waals surface area (Å²) in [7, 11) is 0. The number of halogens is 1. The van der Waals surface area contributed by atoms with Crippen LogP contribution in [0, 0.1) is 5.92 Å². The molecule has 2 heterocycles. The molecule has 30 heavy (non-hydrogen) atoms. The Balaban J connectivity index is 1.77. The summed E-state index contributed by atoms with van der Waals surface area (Å²) in [6, 6.07) is 10.8. The molecule has 8 heteroatoms. The highest BCUT2D eigenvalue weighted by atomic mass is 35.5. The third-order valence-electron chi connectivity index (χ3n) is 4.59. The van der Waals surface area contributed by atoms with Crippen molar-refractivity contribution in [3.63, 3.8) is 0 Å². The molecule has 1 unspecified atom stereocenters. The van der Waals surface area contributed by atoms with Crippen LogP contribution >= 0.6 is 23.4 Å². The number of carbonyl (C=O) groups excluding carboxylic acids is 1. The van der Waals surface area contributed by atoms with Gasteiger partial charge in [0.2, 0.25) is 5.91 Å². The van der Waals surface area contributed by atoms with Gasteiger partial charge < -0.3 is 5.32 Å². The van der Waals surface area contributed by atoms with Crippen molar-refractivity contribution in [2.24, 2.45) is 5.92 Å². The van der Waals surface area contributed by atoms with Crippen LogP contribution in [0.5, 0.6) is 0 Å². The molecule has 1 N–H and O–H groups in total. The average molecular weight is 445 g/mol. The molecule has 1 amide bonds. The lowest BCUT2D eigenvalue weighted by atomic mass is 10.0. The summed E-state index contributed by atoms with van der Waals surface area (Å²) >= 11 is 7.21. The Morgan fingerprint density at radius 2 is 1.97 bits per heavy atom. The Labute approximate surface area is 185 Å². The van der Waals surface area contributed by atoms with E-state index >= 15 is 0 Å². The van der Waals surface area contributed by atoms with Crippen LogP contribution in [0.2, 0.25) is 5.02 Å². The van der Waals surface area contributed by atoms with E-state index in [1.807, 2.05) is 45.0 Å². The van der Waals surface area contributed by atoms with Gasteiger partial charge in [0.15, 0.2) is 10.8 Å². The van der Waals surface area contributed by atoms with Crippen molar-refractivity contribution >= 4 is 40.3 Å². The molecule has 0 bridgehead atoms. The van der Waals surface area contributed by atoms with E-state index < -0.39 is 0 Å². The fourth-order valence-electron chi connectivity index (χ4n) is 3.15. The second-order valence-electron chi connectivity index (χ2n) is 7.45. The van der Waals surface area contributed by atoms with Gasteiger partial charge in [0.05, 0.1) is 17.2 Å². The molecule has 1 atom stereocenters. The maximum atomic E-state index is 12.9. The minimum atomic E-state index is -0.127. The molecule has 0 aliphatic rings. The van der Waals surface area contributed by atoms with E-state index in [2.05, 4.69) is 15.3 Å². The predicted molar refractivity (Wildman–Crippen MR) is 122 cm³/mol. The Morgan fingerprint density at radius 3 is 2.63 bits per heavy atom. The molecule has 3 aromatic rings. The quantitative estimate of drug-likeness (QED) is 0.410. The van der Waals surface area contributed by atoms with E-state index in [9.17, 15) is 9.59 Å². The molecule has 0 radical (unpaired) electrons. The SMILES string of the molecule is CCC(NC(=O)CSc1nc2ncccc2c(=O)n1CC(C)C)c1ccc(Cl)cc1. The second kappa shape index (κ2) is 10.1. The highest BCUT2D eigenvalue weighted by Gasteiger charge is 2.17. The minimum absolute atomic E-state index is 0.0977. The number of nitrogens with one attached hydrogen (secondary N) is 1. The van der Waals surface area contributed by atoms with Crippen molar-refractivity contribution in [1.82, 2.24) is 19.9 Å². The van der Waals surface area contributed by atoms with Crippen LogP contribution in [-0.2, 0) is 11.3 Å². The summed E-state index contributed by atoms with van der Waals surface area (Å²) in [6.07, 6.45) is 2.37. The zero-order valence-corrected chi connectivity index (χ0v) is 18.8. The van der Waals surface area contributed by atoms with Gasteiger partial charge in [-0.1, -0.05) is 56.3 Å². The smallest absolute Gasteiger partial charge is 0.263 e. The number of fused-ring (bicyclic) bond motifs is 1. The number of aromatic nitrogens is 3. The Hall–Kier alpha value is -2.38. The number of pyridine rings is 1. The zero-order valence-electron chi connectivity index (χ0n) is 17.3. The Kier molecular flexibility index (Phi) is 7.50. The summed E-state index contributed by atoms with van der Waals surface area (Å²) in [4.78, 5) is 34.3. The van der Waals surface area contributed by atoms with E-state index in [1.54, 1.807) is 22.9 Å². The van der Waals surface area contributed by atoms with Gasteiger partial charge in [-0.05, 0) is 42.2 Å². The Bertz CT molecular complexity index is 1080. The fourth-order valence-corrected chi connectivity index (χ4v) is 4.09. The lowest BCUT2D eigenvalue weighted by Gasteiger charge is -2.18. The standard InChI is InChI=1S/C22H25ClN4O2S/c1-4-18(15-7-9-16(23)10-8-15)25-19(28)13-30-22-26-20-17(6-5-11-24-20)21(29)27(22)12-14(2)3/h5-11,14,18H,4,12-13H2,1-3H3,(H,25,28). The van der Waals surface area contributed by atoms with Crippen molar-refractivity contribution in [1.29, 1.82) is 0 Å². The first kappa shape index (κ1) is 22.3. The van der Waals surface area contributed by atoms with E-state index in [4.69, 9.17) is 11.6 Å². The molecule has 0 saturated heterocycles. The number of amides is 1. The van der Waals surface area contributed by atoms with Crippen LogP contribution in [0.4, 0.5) is 0 Å². The van der Waals surface area contributed by atoms with Crippen molar-refractivity contribution in [3.8, 4) is 0 Å². The molecule has 0 aliphatic heterocycles. The number of carbonyl (C=O) groups is 1. The number of rotatable bonds is 8. The summed E-state index contributed by atoms with van der Waals surface area (Å²) < 4.78 is 1.64.